The van der Waals surface area contributed by atoms with Gasteiger partial charge in [-0.15, -0.1) is 0 Å². The molecule has 2 aromatic heterocycles. The van der Waals surface area contributed by atoms with Gasteiger partial charge in [0.05, 0.1) is 5.56 Å². The Morgan fingerprint density at radius 1 is 1.00 bits per heavy atom. The molecule has 0 fully saturated rings. The van der Waals surface area contributed by atoms with Crippen molar-refractivity contribution >= 4 is 40.7 Å². The molecular formula is C17H13Cl2N5O. The summed E-state index contributed by atoms with van der Waals surface area (Å²) in [6.07, 6.45) is 6.24. The van der Waals surface area contributed by atoms with E-state index in [1.807, 2.05) is 12.1 Å². The third-order valence-corrected chi connectivity index (χ3v) is 3.67. The topological polar surface area (TPSA) is 79.8 Å². The summed E-state index contributed by atoms with van der Waals surface area (Å²) in [5.41, 5.74) is 1.98. The summed E-state index contributed by atoms with van der Waals surface area (Å²) in [5, 5.41) is 6.78. The molecule has 126 valence electrons. The molecule has 0 radical (unpaired) electrons. The lowest BCUT2D eigenvalue weighted by Crippen LogP contribution is -2.23. The predicted molar refractivity (Wildman–Crippen MR) is 97.2 cm³/mol. The van der Waals surface area contributed by atoms with Crippen LogP contribution >= 0.6 is 23.2 Å². The Labute approximate surface area is 154 Å². The van der Waals surface area contributed by atoms with Crippen molar-refractivity contribution in [2.24, 2.45) is 0 Å². The van der Waals surface area contributed by atoms with E-state index < -0.39 is 0 Å². The molecule has 0 unspecified atom stereocenters. The van der Waals surface area contributed by atoms with Gasteiger partial charge in [-0.2, -0.15) is 0 Å². The fourth-order valence-electron chi connectivity index (χ4n) is 2.05. The minimum Gasteiger partial charge on any atom is -0.348 e. The normalized spacial score (nSPS) is 10.3. The molecule has 0 aliphatic heterocycles. The Bertz CT molecular complexity index is 852. The van der Waals surface area contributed by atoms with E-state index in [0.717, 1.165) is 5.56 Å². The zero-order valence-corrected chi connectivity index (χ0v) is 14.4. The summed E-state index contributed by atoms with van der Waals surface area (Å²) in [5.74, 6) is 0.0816. The number of pyridine rings is 1. The minimum absolute atomic E-state index is 0.255. The summed E-state index contributed by atoms with van der Waals surface area (Å²) < 4.78 is 0. The van der Waals surface area contributed by atoms with Crippen LogP contribution in [0.25, 0.3) is 0 Å². The molecule has 0 aliphatic rings. The summed E-state index contributed by atoms with van der Waals surface area (Å²) in [4.78, 5) is 24.3. The van der Waals surface area contributed by atoms with Crippen LogP contribution in [0.5, 0.6) is 0 Å². The summed E-state index contributed by atoms with van der Waals surface area (Å²) in [7, 11) is 0. The average Bonchev–Trinajstić information content (AvgIpc) is 2.60. The number of carbonyl (C=O) groups excluding carboxylic acids is 1. The second-order valence-corrected chi connectivity index (χ2v) is 5.99. The van der Waals surface area contributed by atoms with Gasteiger partial charge in [0.1, 0.15) is 0 Å². The van der Waals surface area contributed by atoms with E-state index in [1.165, 1.54) is 12.4 Å². The molecule has 0 saturated carbocycles. The van der Waals surface area contributed by atoms with Gasteiger partial charge in [-0.3, -0.25) is 9.78 Å². The van der Waals surface area contributed by atoms with Crippen LogP contribution in [0.1, 0.15) is 15.9 Å². The van der Waals surface area contributed by atoms with Crippen molar-refractivity contribution in [3.63, 3.8) is 0 Å². The molecule has 1 aromatic carbocycles. The van der Waals surface area contributed by atoms with Crippen LogP contribution in [0, 0.1) is 0 Å². The third-order valence-electron chi connectivity index (χ3n) is 3.24. The Morgan fingerprint density at radius 2 is 1.64 bits per heavy atom. The van der Waals surface area contributed by atoms with Gasteiger partial charge in [-0.1, -0.05) is 23.2 Å². The summed E-state index contributed by atoms with van der Waals surface area (Å²) in [6, 6.07) is 8.70. The first kappa shape index (κ1) is 17.1. The molecule has 8 heteroatoms. The molecule has 1 amide bonds. The SMILES string of the molecule is O=C(NCc1ccncc1)c1cnc(Nc2cc(Cl)cc(Cl)c2)nc1. The Hall–Kier alpha value is -2.70. The number of hydrogen-bond donors (Lipinski definition) is 2. The maximum atomic E-state index is 12.1. The van der Waals surface area contributed by atoms with Crippen molar-refractivity contribution in [3.8, 4) is 0 Å². The van der Waals surface area contributed by atoms with E-state index in [1.54, 1.807) is 30.6 Å². The molecule has 25 heavy (non-hydrogen) atoms. The van der Waals surface area contributed by atoms with Crippen LogP contribution in [0.15, 0.2) is 55.1 Å². The lowest BCUT2D eigenvalue weighted by molar-refractivity contribution is 0.0950. The number of amides is 1. The molecule has 2 heterocycles. The lowest BCUT2D eigenvalue weighted by Gasteiger charge is -2.07. The molecule has 0 atom stereocenters. The molecule has 6 nitrogen and oxygen atoms in total. The van der Waals surface area contributed by atoms with Crippen LogP contribution in [-0.4, -0.2) is 20.9 Å². The van der Waals surface area contributed by atoms with Crippen molar-refractivity contribution in [1.82, 2.24) is 20.3 Å². The zero-order chi connectivity index (χ0) is 17.6. The highest BCUT2D eigenvalue weighted by Crippen LogP contribution is 2.24. The van der Waals surface area contributed by atoms with Crippen LogP contribution in [0.2, 0.25) is 10.0 Å². The van der Waals surface area contributed by atoms with Crippen LogP contribution in [0.4, 0.5) is 11.6 Å². The van der Waals surface area contributed by atoms with E-state index in [0.29, 0.717) is 33.8 Å². The highest BCUT2D eigenvalue weighted by atomic mass is 35.5. The maximum Gasteiger partial charge on any atom is 0.254 e. The predicted octanol–water partition coefficient (Wildman–Crippen LogP) is 3.85. The van der Waals surface area contributed by atoms with E-state index in [-0.39, 0.29) is 5.91 Å². The summed E-state index contributed by atoms with van der Waals surface area (Å²) in [6.45, 7) is 0.405. The van der Waals surface area contributed by atoms with Gasteiger partial charge in [0.25, 0.3) is 5.91 Å². The number of rotatable bonds is 5. The lowest BCUT2D eigenvalue weighted by atomic mass is 10.2. The largest absolute Gasteiger partial charge is 0.348 e. The molecule has 0 saturated heterocycles. The average molecular weight is 374 g/mol. The third kappa shape index (κ3) is 4.89. The molecule has 3 rings (SSSR count). The van der Waals surface area contributed by atoms with Gasteiger partial charge in [-0.05, 0) is 35.9 Å². The van der Waals surface area contributed by atoms with Crippen molar-refractivity contribution in [2.45, 2.75) is 6.54 Å². The molecule has 0 aliphatic carbocycles. The maximum absolute atomic E-state index is 12.1. The molecule has 0 bridgehead atoms. The number of hydrogen-bond acceptors (Lipinski definition) is 5. The van der Waals surface area contributed by atoms with Crippen molar-refractivity contribution in [3.05, 3.63) is 76.3 Å². The number of carbonyl (C=O) groups is 1. The van der Waals surface area contributed by atoms with E-state index in [2.05, 4.69) is 25.6 Å². The Balaban J connectivity index is 1.62. The van der Waals surface area contributed by atoms with Gasteiger partial charge < -0.3 is 10.6 Å². The number of nitrogens with zero attached hydrogens (tertiary/aromatic N) is 3. The summed E-state index contributed by atoms with van der Waals surface area (Å²) >= 11 is 11.9. The van der Waals surface area contributed by atoms with Crippen molar-refractivity contribution in [1.29, 1.82) is 0 Å². The standard InChI is InChI=1S/C17H13Cl2N5O/c18-13-5-14(19)7-15(6-13)24-17-22-9-12(10-23-17)16(25)21-8-11-1-3-20-4-2-11/h1-7,9-10H,8H2,(H,21,25)(H,22,23,24). The van der Waals surface area contributed by atoms with Crippen LogP contribution in [-0.2, 0) is 6.54 Å². The quantitative estimate of drug-likeness (QED) is 0.709. The minimum atomic E-state index is -0.255. The monoisotopic (exact) mass is 373 g/mol. The second-order valence-electron chi connectivity index (χ2n) is 5.12. The molecule has 3 aromatic rings. The first-order chi connectivity index (χ1) is 12.1. The number of anilines is 2. The van der Waals surface area contributed by atoms with Crippen molar-refractivity contribution in [2.75, 3.05) is 5.32 Å². The zero-order valence-electron chi connectivity index (χ0n) is 12.9. The van der Waals surface area contributed by atoms with Crippen LogP contribution in [0.3, 0.4) is 0 Å². The van der Waals surface area contributed by atoms with E-state index >= 15 is 0 Å². The number of nitrogens with one attached hydrogen (secondary N) is 2. The Kier molecular flexibility index (Phi) is 5.42. The number of halogens is 2. The van der Waals surface area contributed by atoms with Gasteiger partial charge in [0, 0.05) is 47.1 Å². The first-order valence-corrected chi connectivity index (χ1v) is 8.08. The molecular weight excluding hydrogens is 361 g/mol. The second kappa shape index (κ2) is 7.92. The van der Waals surface area contributed by atoms with E-state index in [4.69, 9.17) is 23.2 Å². The fourth-order valence-corrected chi connectivity index (χ4v) is 2.58. The van der Waals surface area contributed by atoms with E-state index in [9.17, 15) is 4.79 Å². The highest BCUT2D eigenvalue weighted by molar-refractivity contribution is 6.35. The fraction of sp³-hybridized carbons (Fsp3) is 0.0588. The van der Waals surface area contributed by atoms with Crippen LogP contribution < -0.4 is 10.6 Å². The molecule has 2 N–H and O–H groups in total. The van der Waals surface area contributed by atoms with Gasteiger partial charge in [-0.25, -0.2) is 9.97 Å². The Morgan fingerprint density at radius 3 is 2.28 bits per heavy atom. The van der Waals surface area contributed by atoms with Gasteiger partial charge >= 0.3 is 0 Å². The smallest absolute Gasteiger partial charge is 0.254 e. The molecule has 0 spiro atoms. The highest BCUT2D eigenvalue weighted by Gasteiger charge is 2.07. The van der Waals surface area contributed by atoms with Gasteiger partial charge in [0.15, 0.2) is 0 Å². The first-order valence-electron chi connectivity index (χ1n) is 7.32. The van der Waals surface area contributed by atoms with Gasteiger partial charge in [0.2, 0.25) is 5.95 Å². The number of benzene rings is 1. The van der Waals surface area contributed by atoms with Crippen molar-refractivity contribution < 1.29 is 4.79 Å². The number of aromatic nitrogens is 3.